The molecule has 0 N–H and O–H groups in total. The van der Waals surface area contributed by atoms with Crippen molar-refractivity contribution >= 4 is 11.5 Å². The second-order valence-electron chi connectivity index (χ2n) is 5.27. The van der Waals surface area contributed by atoms with E-state index in [0.717, 1.165) is 5.82 Å². The zero-order valence-electron chi connectivity index (χ0n) is 10.9. The standard InChI is InChI=1S/C15H15N3O/c1-9-10(2)15-18(12-6-4-3-5-11(9)12)13-14(19-15)17-8-7-16-13/h3-10,15H,1-2H3. The lowest BCUT2D eigenvalue weighted by atomic mass is 9.82. The van der Waals surface area contributed by atoms with Crippen molar-refractivity contribution in [2.24, 2.45) is 5.92 Å². The van der Waals surface area contributed by atoms with Crippen LogP contribution in [0.1, 0.15) is 25.3 Å². The van der Waals surface area contributed by atoms with Crippen LogP contribution in [0, 0.1) is 5.92 Å². The molecule has 0 bridgehead atoms. The van der Waals surface area contributed by atoms with Gasteiger partial charge in [0.15, 0.2) is 12.0 Å². The van der Waals surface area contributed by atoms with E-state index in [2.05, 4.69) is 53.0 Å². The highest BCUT2D eigenvalue weighted by atomic mass is 16.5. The maximum Gasteiger partial charge on any atom is 0.260 e. The van der Waals surface area contributed by atoms with Crippen molar-refractivity contribution in [1.82, 2.24) is 9.97 Å². The highest BCUT2D eigenvalue weighted by molar-refractivity contribution is 5.72. The van der Waals surface area contributed by atoms with E-state index in [1.54, 1.807) is 12.4 Å². The van der Waals surface area contributed by atoms with E-state index in [9.17, 15) is 0 Å². The number of fused-ring (bicyclic) bond motifs is 5. The van der Waals surface area contributed by atoms with Crippen LogP contribution in [0.5, 0.6) is 5.88 Å². The topological polar surface area (TPSA) is 38.2 Å². The third-order valence-corrected chi connectivity index (χ3v) is 4.29. The van der Waals surface area contributed by atoms with Gasteiger partial charge in [0, 0.05) is 24.0 Å². The van der Waals surface area contributed by atoms with Gasteiger partial charge in [-0.1, -0.05) is 32.0 Å². The molecule has 0 saturated carbocycles. The molecule has 0 spiro atoms. The summed E-state index contributed by atoms with van der Waals surface area (Å²) in [6, 6.07) is 8.49. The van der Waals surface area contributed by atoms with Gasteiger partial charge in [0.05, 0.1) is 0 Å². The number of para-hydroxylation sites is 1. The third-order valence-electron chi connectivity index (χ3n) is 4.29. The van der Waals surface area contributed by atoms with E-state index in [1.807, 2.05) is 0 Å². The van der Waals surface area contributed by atoms with Gasteiger partial charge in [-0.15, -0.1) is 0 Å². The van der Waals surface area contributed by atoms with Crippen LogP contribution >= 0.6 is 0 Å². The van der Waals surface area contributed by atoms with Crippen LogP contribution in [-0.2, 0) is 0 Å². The summed E-state index contributed by atoms with van der Waals surface area (Å²) >= 11 is 0. The Labute approximate surface area is 112 Å². The van der Waals surface area contributed by atoms with E-state index >= 15 is 0 Å². The number of aromatic nitrogens is 2. The molecule has 1 aromatic heterocycles. The number of anilines is 2. The Morgan fingerprint density at radius 1 is 1.11 bits per heavy atom. The summed E-state index contributed by atoms with van der Waals surface area (Å²) in [5.41, 5.74) is 2.55. The number of hydrogen-bond donors (Lipinski definition) is 0. The van der Waals surface area contributed by atoms with Gasteiger partial charge >= 0.3 is 0 Å². The molecular weight excluding hydrogens is 238 g/mol. The van der Waals surface area contributed by atoms with Gasteiger partial charge in [0.1, 0.15) is 0 Å². The first-order valence-electron chi connectivity index (χ1n) is 6.63. The van der Waals surface area contributed by atoms with E-state index < -0.39 is 0 Å². The highest BCUT2D eigenvalue weighted by Gasteiger charge is 2.44. The Balaban J connectivity index is 1.95. The molecule has 3 unspecified atom stereocenters. The van der Waals surface area contributed by atoms with Crippen molar-refractivity contribution in [3.05, 3.63) is 42.2 Å². The fraction of sp³-hybridized carbons (Fsp3) is 0.333. The molecule has 19 heavy (non-hydrogen) atoms. The number of ether oxygens (including phenoxy) is 1. The molecule has 4 rings (SSSR count). The molecule has 0 radical (unpaired) electrons. The van der Waals surface area contributed by atoms with Crippen LogP contribution < -0.4 is 9.64 Å². The molecule has 0 fully saturated rings. The van der Waals surface area contributed by atoms with E-state index in [4.69, 9.17) is 4.74 Å². The van der Waals surface area contributed by atoms with Crippen molar-refractivity contribution in [2.45, 2.75) is 26.0 Å². The van der Waals surface area contributed by atoms with Crippen LogP contribution in [0.4, 0.5) is 11.5 Å². The molecule has 2 aliphatic rings. The van der Waals surface area contributed by atoms with Crippen molar-refractivity contribution in [3.8, 4) is 5.88 Å². The predicted octanol–water partition coefficient (Wildman–Crippen LogP) is 3.09. The molecule has 4 heteroatoms. The normalized spacial score (nSPS) is 27.3. The minimum absolute atomic E-state index is 0.00213. The van der Waals surface area contributed by atoms with Crippen molar-refractivity contribution < 1.29 is 4.74 Å². The van der Waals surface area contributed by atoms with Crippen molar-refractivity contribution in [3.63, 3.8) is 0 Å². The fourth-order valence-electron chi connectivity index (χ4n) is 3.07. The predicted molar refractivity (Wildman–Crippen MR) is 72.6 cm³/mol. The summed E-state index contributed by atoms with van der Waals surface area (Å²) < 4.78 is 6.00. The van der Waals surface area contributed by atoms with Crippen molar-refractivity contribution in [2.75, 3.05) is 4.90 Å². The average molecular weight is 253 g/mol. The zero-order valence-corrected chi connectivity index (χ0v) is 10.9. The Morgan fingerprint density at radius 2 is 1.89 bits per heavy atom. The van der Waals surface area contributed by atoms with E-state index in [-0.39, 0.29) is 6.23 Å². The van der Waals surface area contributed by atoms with Crippen LogP contribution in [0.3, 0.4) is 0 Å². The smallest absolute Gasteiger partial charge is 0.260 e. The maximum atomic E-state index is 6.00. The van der Waals surface area contributed by atoms with Gasteiger partial charge in [0.2, 0.25) is 0 Å². The molecule has 4 nitrogen and oxygen atoms in total. The molecule has 96 valence electrons. The van der Waals surface area contributed by atoms with Gasteiger partial charge in [-0.3, -0.25) is 4.90 Å². The Hall–Kier alpha value is -2.10. The maximum absolute atomic E-state index is 6.00. The molecule has 2 aromatic rings. The minimum atomic E-state index is 0.00213. The molecule has 2 aliphatic heterocycles. The lowest BCUT2D eigenvalue weighted by Crippen LogP contribution is -2.43. The average Bonchev–Trinajstić information content (AvgIpc) is 2.84. The molecule has 3 heterocycles. The first-order chi connectivity index (χ1) is 9.27. The lowest BCUT2D eigenvalue weighted by Gasteiger charge is -2.39. The monoisotopic (exact) mass is 253 g/mol. The number of benzene rings is 1. The number of rotatable bonds is 0. The first-order valence-corrected chi connectivity index (χ1v) is 6.63. The third kappa shape index (κ3) is 1.34. The summed E-state index contributed by atoms with van der Waals surface area (Å²) in [5, 5.41) is 0. The molecule has 0 aliphatic carbocycles. The Bertz CT molecular complexity index is 637. The summed E-state index contributed by atoms with van der Waals surface area (Å²) in [7, 11) is 0. The first kappa shape index (κ1) is 10.8. The van der Waals surface area contributed by atoms with Gasteiger partial charge in [-0.25, -0.2) is 9.97 Å². The summed E-state index contributed by atoms with van der Waals surface area (Å²) in [5.74, 6) is 2.33. The van der Waals surface area contributed by atoms with Gasteiger partial charge in [0.25, 0.3) is 5.88 Å². The number of nitrogens with zero attached hydrogens (tertiary/aromatic N) is 3. The van der Waals surface area contributed by atoms with E-state index in [1.165, 1.54) is 11.3 Å². The minimum Gasteiger partial charge on any atom is -0.450 e. The molecular formula is C15H15N3O. The Kier molecular flexibility index (Phi) is 2.10. The zero-order chi connectivity index (χ0) is 13.0. The fourth-order valence-corrected chi connectivity index (χ4v) is 3.07. The van der Waals surface area contributed by atoms with Crippen molar-refractivity contribution in [1.29, 1.82) is 0 Å². The van der Waals surface area contributed by atoms with Gasteiger partial charge in [-0.2, -0.15) is 0 Å². The largest absolute Gasteiger partial charge is 0.450 e. The second kappa shape index (κ2) is 3.70. The lowest BCUT2D eigenvalue weighted by molar-refractivity contribution is 0.143. The highest BCUT2D eigenvalue weighted by Crippen LogP contribution is 2.50. The molecule has 1 aromatic carbocycles. The molecule has 0 amide bonds. The molecule has 3 atom stereocenters. The summed E-state index contributed by atoms with van der Waals surface area (Å²) in [4.78, 5) is 10.9. The summed E-state index contributed by atoms with van der Waals surface area (Å²) in [6.07, 6.45) is 3.40. The SMILES string of the molecule is CC1c2ccccc2N2c3nccnc3OC2C1C. The van der Waals surface area contributed by atoms with Gasteiger partial charge in [-0.05, 0) is 17.5 Å². The quantitative estimate of drug-likeness (QED) is 0.723. The van der Waals surface area contributed by atoms with Gasteiger partial charge < -0.3 is 4.74 Å². The van der Waals surface area contributed by atoms with E-state index in [0.29, 0.717) is 17.7 Å². The second-order valence-corrected chi connectivity index (χ2v) is 5.27. The van der Waals surface area contributed by atoms with Crippen LogP contribution in [-0.4, -0.2) is 16.2 Å². The Morgan fingerprint density at radius 3 is 2.79 bits per heavy atom. The molecule has 0 saturated heterocycles. The van der Waals surface area contributed by atoms with Crippen LogP contribution in [0.15, 0.2) is 36.7 Å². The number of hydrogen-bond acceptors (Lipinski definition) is 4. The summed E-state index contributed by atoms with van der Waals surface area (Å²) in [6.45, 7) is 4.48. The van der Waals surface area contributed by atoms with Crippen LogP contribution in [0.2, 0.25) is 0 Å². The van der Waals surface area contributed by atoms with Crippen LogP contribution in [0.25, 0.3) is 0 Å².